The number of carbonyl (C=O) groups is 2. The van der Waals surface area contributed by atoms with Gasteiger partial charge >= 0.3 is 6.18 Å². The van der Waals surface area contributed by atoms with E-state index in [4.69, 9.17) is 11.6 Å². The maximum atomic E-state index is 13.3. The Kier molecular flexibility index (Phi) is 8.41. The van der Waals surface area contributed by atoms with E-state index in [1.807, 2.05) is 9.80 Å². The normalized spacial score (nSPS) is 20.0. The maximum Gasteiger partial charge on any atom is 0.418 e. The van der Waals surface area contributed by atoms with Crippen molar-refractivity contribution in [1.29, 1.82) is 0 Å². The maximum absolute atomic E-state index is 13.3. The van der Waals surface area contributed by atoms with Gasteiger partial charge in [-0.15, -0.1) is 0 Å². The van der Waals surface area contributed by atoms with Crippen molar-refractivity contribution >= 4 is 29.1 Å². The molecule has 2 fully saturated rings. The number of carbonyl (C=O) groups excluding carboxylic acids is 2. The van der Waals surface area contributed by atoms with Gasteiger partial charge in [0.15, 0.2) is 0 Å². The van der Waals surface area contributed by atoms with Crippen molar-refractivity contribution in [1.82, 2.24) is 14.7 Å². The molecule has 2 aliphatic rings. The number of nitrogens with one attached hydrogen (secondary N) is 1. The van der Waals surface area contributed by atoms with Crippen molar-refractivity contribution in [2.75, 3.05) is 51.1 Å². The fraction of sp³-hybridized carbons (Fsp3) is 0.636. The Hall–Kier alpha value is -1.84. The molecule has 178 valence electrons. The number of nitrogens with zero attached hydrogens (tertiary/aromatic N) is 3. The van der Waals surface area contributed by atoms with Crippen molar-refractivity contribution < 1.29 is 22.8 Å². The minimum absolute atomic E-state index is 0.0470. The Balaban J connectivity index is 1.51. The highest BCUT2D eigenvalue weighted by Crippen LogP contribution is 2.36. The van der Waals surface area contributed by atoms with Gasteiger partial charge in [0.1, 0.15) is 0 Å². The van der Waals surface area contributed by atoms with Crippen LogP contribution >= 0.6 is 11.6 Å². The van der Waals surface area contributed by atoms with Crippen molar-refractivity contribution in [3.05, 3.63) is 28.8 Å². The molecule has 0 spiro atoms. The van der Waals surface area contributed by atoms with Crippen LogP contribution in [0.4, 0.5) is 18.9 Å². The minimum atomic E-state index is -4.62. The third-order valence-corrected chi connectivity index (χ3v) is 6.43. The lowest BCUT2D eigenvalue weighted by molar-refractivity contribution is -0.137. The van der Waals surface area contributed by atoms with Crippen LogP contribution in [0.15, 0.2) is 18.2 Å². The van der Waals surface area contributed by atoms with Gasteiger partial charge in [0.05, 0.1) is 23.8 Å². The van der Waals surface area contributed by atoms with Crippen molar-refractivity contribution in [3.8, 4) is 0 Å². The number of amides is 2. The summed E-state index contributed by atoms with van der Waals surface area (Å²) in [6.07, 6.45) is -0.181. The Bertz CT molecular complexity index is 805. The number of benzene rings is 1. The SMILES string of the molecule is CC(C(=O)Nc1ccc(Cl)cc1C(F)(F)F)N1CCN(CC(=O)N2CCCCCC2)CC1. The van der Waals surface area contributed by atoms with Gasteiger partial charge in [0.2, 0.25) is 11.8 Å². The summed E-state index contributed by atoms with van der Waals surface area (Å²) in [7, 11) is 0. The van der Waals surface area contributed by atoms with Crippen LogP contribution in [-0.4, -0.2) is 78.4 Å². The van der Waals surface area contributed by atoms with E-state index in [9.17, 15) is 22.8 Å². The highest BCUT2D eigenvalue weighted by Gasteiger charge is 2.35. The van der Waals surface area contributed by atoms with Crippen LogP contribution in [0.3, 0.4) is 0 Å². The van der Waals surface area contributed by atoms with Crippen LogP contribution in [0.2, 0.25) is 5.02 Å². The van der Waals surface area contributed by atoms with Gasteiger partial charge in [-0.1, -0.05) is 24.4 Å². The van der Waals surface area contributed by atoms with Crippen LogP contribution in [0, 0.1) is 0 Å². The Morgan fingerprint density at radius 2 is 1.66 bits per heavy atom. The molecule has 1 N–H and O–H groups in total. The third-order valence-electron chi connectivity index (χ3n) is 6.20. The number of alkyl halides is 3. The van der Waals surface area contributed by atoms with Crippen molar-refractivity contribution in [2.45, 2.75) is 44.8 Å². The molecule has 0 bridgehead atoms. The molecular formula is C22H30ClF3N4O2. The van der Waals surface area contributed by atoms with Gasteiger partial charge in [-0.25, -0.2) is 0 Å². The van der Waals surface area contributed by atoms with Gasteiger partial charge in [0, 0.05) is 44.3 Å². The lowest BCUT2D eigenvalue weighted by Crippen LogP contribution is -2.54. The zero-order valence-corrected chi connectivity index (χ0v) is 19.0. The molecule has 2 saturated heterocycles. The molecule has 1 atom stereocenters. The molecule has 10 heteroatoms. The predicted octanol–water partition coefficient (Wildman–Crippen LogP) is 3.71. The predicted molar refractivity (Wildman–Crippen MR) is 118 cm³/mol. The second-order valence-electron chi connectivity index (χ2n) is 8.46. The molecule has 0 radical (unpaired) electrons. The molecule has 0 saturated carbocycles. The monoisotopic (exact) mass is 474 g/mol. The topological polar surface area (TPSA) is 55.9 Å². The largest absolute Gasteiger partial charge is 0.418 e. The van der Waals surface area contributed by atoms with E-state index in [2.05, 4.69) is 10.2 Å². The summed E-state index contributed by atoms with van der Waals surface area (Å²) in [6, 6.07) is 2.69. The zero-order valence-electron chi connectivity index (χ0n) is 18.3. The van der Waals surface area contributed by atoms with E-state index < -0.39 is 23.7 Å². The Morgan fingerprint density at radius 1 is 1.03 bits per heavy atom. The van der Waals surface area contributed by atoms with E-state index >= 15 is 0 Å². The molecule has 3 rings (SSSR count). The molecule has 0 aliphatic carbocycles. The zero-order chi connectivity index (χ0) is 23.3. The Labute approximate surface area is 191 Å². The fourth-order valence-corrected chi connectivity index (χ4v) is 4.36. The summed E-state index contributed by atoms with van der Waals surface area (Å²) in [4.78, 5) is 31.2. The smallest absolute Gasteiger partial charge is 0.342 e. The van der Waals surface area contributed by atoms with Crippen LogP contribution in [-0.2, 0) is 15.8 Å². The van der Waals surface area contributed by atoms with Gasteiger partial charge in [-0.2, -0.15) is 13.2 Å². The minimum Gasteiger partial charge on any atom is -0.342 e. The number of piperazine rings is 1. The first-order valence-corrected chi connectivity index (χ1v) is 11.4. The van der Waals surface area contributed by atoms with Crippen LogP contribution in [0.5, 0.6) is 0 Å². The lowest BCUT2D eigenvalue weighted by Gasteiger charge is -2.37. The van der Waals surface area contributed by atoms with E-state index in [1.54, 1.807) is 6.92 Å². The number of hydrogen-bond acceptors (Lipinski definition) is 4. The molecule has 32 heavy (non-hydrogen) atoms. The van der Waals surface area contributed by atoms with Gasteiger partial charge < -0.3 is 10.2 Å². The number of hydrogen-bond donors (Lipinski definition) is 1. The number of anilines is 1. The molecule has 2 aliphatic heterocycles. The average molecular weight is 475 g/mol. The lowest BCUT2D eigenvalue weighted by atomic mass is 10.1. The summed E-state index contributed by atoms with van der Waals surface area (Å²) in [6.45, 7) is 6.08. The molecule has 1 aromatic carbocycles. The van der Waals surface area contributed by atoms with Crippen LogP contribution in [0.25, 0.3) is 0 Å². The highest BCUT2D eigenvalue weighted by atomic mass is 35.5. The summed E-state index contributed by atoms with van der Waals surface area (Å²) in [5, 5.41) is 2.35. The van der Waals surface area contributed by atoms with Crippen molar-refractivity contribution in [2.24, 2.45) is 0 Å². The van der Waals surface area contributed by atoms with Crippen LogP contribution in [0.1, 0.15) is 38.2 Å². The van der Waals surface area contributed by atoms with Gasteiger partial charge in [-0.3, -0.25) is 19.4 Å². The fourth-order valence-electron chi connectivity index (χ4n) is 4.18. The summed E-state index contributed by atoms with van der Waals surface area (Å²) < 4.78 is 39.8. The average Bonchev–Trinajstić information content (AvgIpc) is 3.04. The van der Waals surface area contributed by atoms with E-state index in [-0.39, 0.29) is 16.6 Å². The van der Waals surface area contributed by atoms with E-state index in [0.717, 1.165) is 32.0 Å². The van der Waals surface area contributed by atoms with E-state index in [1.165, 1.54) is 25.0 Å². The Morgan fingerprint density at radius 3 is 2.25 bits per heavy atom. The standard InChI is InChI=1S/C22H30ClF3N4O2/c1-16(21(32)27-19-7-6-17(23)14-18(19)22(24,25)26)29-12-10-28(11-13-29)15-20(31)30-8-4-2-3-5-9-30/h6-7,14,16H,2-5,8-13,15H2,1H3,(H,27,32). The van der Waals surface area contributed by atoms with E-state index in [0.29, 0.717) is 32.7 Å². The highest BCUT2D eigenvalue weighted by molar-refractivity contribution is 6.30. The first-order valence-electron chi connectivity index (χ1n) is 11.1. The molecule has 1 unspecified atom stereocenters. The second-order valence-corrected chi connectivity index (χ2v) is 8.90. The molecule has 6 nitrogen and oxygen atoms in total. The number of rotatable bonds is 5. The van der Waals surface area contributed by atoms with Gasteiger partial charge in [-0.05, 0) is 38.0 Å². The third kappa shape index (κ3) is 6.59. The molecular weight excluding hydrogens is 445 g/mol. The number of halogens is 4. The molecule has 2 amide bonds. The molecule has 1 aromatic rings. The number of likely N-dealkylation sites (tertiary alicyclic amines) is 1. The first kappa shape index (κ1) is 24.8. The molecule has 2 heterocycles. The van der Waals surface area contributed by atoms with Gasteiger partial charge in [0.25, 0.3) is 0 Å². The summed E-state index contributed by atoms with van der Waals surface area (Å²) in [5.74, 6) is -0.361. The first-order chi connectivity index (χ1) is 15.1. The molecule has 0 aromatic heterocycles. The summed E-state index contributed by atoms with van der Waals surface area (Å²) >= 11 is 5.70. The van der Waals surface area contributed by atoms with Crippen molar-refractivity contribution in [3.63, 3.8) is 0 Å². The quantitative estimate of drug-likeness (QED) is 0.707. The summed E-state index contributed by atoms with van der Waals surface area (Å²) in [5.41, 5.74) is -1.28. The van der Waals surface area contributed by atoms with Crippen LogP contribution < -0.4 is 5.32 Å². The second kappa shape index (κ2) is 10.9.